The number of benzene rings is 2. The SMILES string of the molecule is CC(CC=CCN)Nn1cc(C(=O)NCc2ccc(F)cc2F)c(=O)c(OCc2ccccc2)c1C(=O)O. The van der Waals surface area contributed by atoms with E-state index < -0.39 is 45.9 Å². The molecule has 3 aromatic rings. The number of hydrogen-bond donors (Lipinski definition) is 4. The van der Waals surface area contributed by atoms with Gasteiger partial charge in [-0.3, -0.25) is 14.3 Å². The molecule has 200 valence electrons. The number of hydrogen-bond acceptors (Lipinski definition) is 6. The molecule has 1 aromatic heterocycles. The molecule has 11 heteroatoms. The first kappa shape index (κ1) is 28.1. The van der Waals surface area contributed by atoms with Crippen LogP contribution in [0.2, 0.25) is 0 Å². The van der Waals surface area contributed by atoms with Crippen molar-refractivity contribution in [3.05, 3.63) is 111 Å². The van der Waals surface area contributed by atoms with E-state index in [0.717, 1.165) is 16.9 Å². The van der Waals surface area contributed by atoms with Crippen LogP contribution in [-0.2, 0) is 13.2 Å². The number of nitrogens with zero attached hydrogens (tertiary/aromatic N) is 1. The Balaban J connectivity index is 1.99. The summed E-state index contributed by atoms with van der Waals surface area (Å²) < 4.78 is 33.9. The molecule has 0 aliphatic carbocycles. The van der Waals surface area contributed by atoms with Crippen LogP contribution in [0.15, 0.2) is 71.7 Å². The maximum absolute atomic E-state index is 14.0. The van der Waals surface area contributed by atoms with E-state index in [4.69, 9.17) is 10.5 Å². The summed E-state index contributed by atoms with van der Waals surface area (Å²) >= 11 is 0. The van der Waals surface area contributed by atoms with Gasteiger partial charge in [0.2, 0.25) is 11.2 Å². The van der Waals surface area contributed by atoms with Gasteiger partial charge in [0.15, 0.2) is 5.69 Å². The summed E-state index contributed by atoms with van der Waals surface area (Å²) in [5, 5.41) is 12.4. The van der Waals surface area contributed by atoms with Crippen molar-refractivity contribution in [3.8, 4) is 5.75 Å². The van der Waals surface area contributed by atoms with Gasteiger partial charge in [0.25, 0.3) is 5.91 Å². The zero-order chi connectivity index (χ0) is 27.7. The number of halogens is 2. The van der Waals surface area contributed by atoms with Gasteiger partial charge in [-0.1, -0.05) is 48.6 Å². The fourth-order valence-electron chi connectivity index (χ4n) is 3.54. The predicted octanol–water partition coefficient (Wildman–Crippen LogP) is 3.17. The van der Waals surface area contributed by atoms with Crippen LogP contribution in [-0.4, -0.2) is 34.2 Å². The first-order chi connectivity index (χ1) is 18.2. The molecule has 3 rings (SSSR count). The average Bonchev–Trinajstić information content (AvgIpc) is 2.88. The van der Waals surface area contributed by atoms with E-state index in [1.165, 1.54) is 6.07 Å². The highest BCUT2D eigenvalue weighted by Crippen LogP contribution is 2.18. The van der Waals surface area contributed by atoms with E-state index in [-0.39, 0.29) is 24.8 Å². The Morgan fingerprint density at radius 1 is 1.16 bits per heavy atom. The van der Waals surface area contributed by atoms with Crippen LogP contribution in [0.1, 0.15) is 45.3 Å². The molecule has 0 spiro atoms. The van der Waals surface area contributed by atoms with Gasteiger partial charge in [0, 0.05) is 37.0 Å². The zero-order valence-electron chi connectivity index (χ0n) is 20.6. The summed E-state index contributed by atoms with van der Waals surface area (Å²) in [4.78, 5) is 38.5. The lowest BCUT2D eigenvalue weighted by atomic mass is 10.1. The minimum atomic E-state index is -1.46. The molecule has 0 radical (unpaired) electrons. The molecule has 9 nitrogen and oxygen atoms in total. The topological polar surface area (TPSA) is 136 Å². The number of pyridine rings is 1. The summed E-state index contributed by atoms with van der Waals surface area (Å²) in [7, 11) is 0. The standard InChI is InChI=1S/C27H28F2N4O5/c1-17(7-5-6-12-30)32-33-15-21(26(35)31-14-19-10-11-20(28)13-22(19)29)24(34)25(23(33)27(36)37)38-16-18-8-3-2-4-9-18/h2-6,8-11,13,15,17,32H,7,12,14,16,30H2,1H3,(H,31,35)(H,36,37). The zero-order valence-corrected chi connectivity index (χ0v) is 20.6. The van der Waals surface area contributed by atoms with Crippen molar-refractivity contribution in [2.24, 2.45) is 5.73 Å². The van der Waals surface area contributed by atoms with Crippen molar-refractivity contribution >= 4 is 11.9 Å². The second-order valence-electron chi connectivity index (χ2n) is 8.39. The summed E-state index contributed by atoms with van der Waals surface area (Å²) in [5.74, 6) is -4.53. The molecule has 1 heterocycles. The Kier molecular flexibility index (Phi) is 9.72. The molecular formula is C27H28F2N4O5. The Labute approximate surface area is 217 Å². The van der Waals surface area contributed by atoms with E-state index >= 15 is 0 Å². The Morgan fingerprint density at radius 3 is 2.55 bits per heavy atom. The van der Waals surface area contributed by atoms with Crippen LogP contribution in [0.25, 0.3) is 0 Å². The molecule has 0 aliphatic rings. The smallest absolute Gasteiger partial charge is 0.358 e. The van der Waals surface area contributed by atoms with Gasteiger partial charge >= 0.3 is 5.97 Å². The molecule has 1 atom stereocenters. The highest BCUT2D eigenvalue weighted by atomic mass is 19.1. The van der Waals surface area contributed by atoms with Gasteiger partial charge in [-0.2, -0.15) is 0 Å². The lowest BCUT2D eigenvalue weighted by Gasteiger charge is -2.21. The second kappa shape index (κ2) is 13.2. The highest BCUT2D eigenvalue weighted by Gasteiger charge is 2.26. The lowest BCUT2D eigenvalue weighted by molar-refractivity contribution is 0.0677. The number of ether oxygens (including phenoxy) is 1. The number of amides is 1. The maximum Gasteiger partial charge on any atom is 0.358 e. The average molecular weight is 527 g/mol. The summed E-state index contributed by atoms with van der Waals surface area (Å²) in [5.41, 5.74) is 7.19. The number of rotatable bonds is 12. The number of aromatic nitrogens is 1. The number of carboxylic acid groups (broad SMARTS) is 1. The number of nitrogens with two attached hydrogens (primary N) is 1. The van der Waals surface area contributed by atoms with Crippen molar-refractivity contribution < 1.29 is 28.2 Å². The molecule has 1 amide bonds. The van der Waals surface area contributed by atoms with Crippen molar-refractivity contribution in [2.75, 3.05) is 12.0 Å². The van der Waals surface area contributed by atoms with Crippen molar-refractivity contribution in [3.63, 3.8) is 0 Å². The second-order valence-corrected chi connectivity index (χ2v) is 8.39. The Bertz CT molecular complexity index is 1380. The molecule has 2 aromatic carbocycles. The molecule has 0 fully saturated rings. The van der Waals surface area contributed by atoms with Gasteiger partial charge in [-0.15, -0.1) is 0 Å². The number of carbonyl (C=O) groups is 2. The van der Waals surface area contributed by atoms with Crippen LogP contribution in [0.5, 0.6) is 5.75 Å². The molecule has 1 unspecified atom stereocenters. The number of nitrogens with one attached hydrogen (secondary N) is 2. The molecule has 5 N–H and O–H groups in total. The van der Waals surface area contributed by atoms with E-state index in [9.17, 15) is 28.3 Å². The predicted molar refractivity (Wildman–Crippen MR) is 138 cm³/mol. The van der Waals surface area contributed by atoms with Gasteiger partial charge in [0.05, 0.1) is 0 Å². The van der Waals surface area contributed by atoms with Gasteiger partial charge in [-0.05, 0) is 25.0 Å². The fraction of sp³-hybridized carbons (Fsp3) is 0.222. The third-order valence-electron chi connectivity index (χ3n) is 5.44. The van der Waals surface area contributed by atoms with Crippen LogP contribution in [0.4, 0.5) is 8.78 Å². The first-order valence-corrected chi connectivity index (χ1v) is 11.7. The summed E-state index contributed by atoms with van der Waals surface area (Å²) in [6.45, 7) is 1.64. The van der Waals surface area contributed by atoms with Crippen molar-refractivity contribution in [1.29, 1.82) is 0 Å². The van der Waals surface area contributed by atoms with Crippen LogP contribution in [0.3, 0.4) is 0 Å². The third kappa shape index (κ3) is 7.26. The third-order valence-corrected chi connectivity index (χ3v) is 5.44. The Morgan fingerprint density at radius 2 is 1.89 bits per heavy atom. The van der Waals surface area contributed by atoms with Crippen molar-refractivity contribution in [1.82, 2.24) is 9.99 Å². The van der Waals surface area contributed by atoms with Gasteiger partial charge in [0.1, 0.15) is 23.8 Å². The molecular weight excluding hydrogens is 498 g/mol. The van der Waals surface area contributed by atoms with Gasteiger partial charge in [-0.25, -0.2) is 13.6 Å². The minimum Gasteiger partial charge on any atom is -0.482 e. The largest absolute Gasteiger partial charge is 0.482 e. The van der Waals surface area contributed by atoms with E-state index in [0.29, 0.717) is 24.6 Å². The molecule has 0 aliphatic heterocycles. The molecule has 0 bridgehead atoms. The van der Waals surface area contributed by atoms with Crippen LogP contribution in [0, 0.1) is 11.6 Å². The monoisotopic (exact) mass is 526 g/mol. The van der Waals surface area contributed by atoms with E-state index in [2.05, 4.69) is 10.7 Å². The van der Waals surface area contributed by atoms with Crippen LogP contribution < -0.4 is 26.6 Å². The van der Waals surface area contributed by atoms with E-state index in [1.54, 1.807) is 49.4 Å². The summed E-state index contributed by atoms with van der Waals surface area (Å²) in [6, 6.07) is 11.3. The quantitative estimate of drug-likeness (QED) is 0.266. The molecule has 38 heavy (non-hydrogen) atoms. The van der Waals surface area contributed by atoms with Crippen LogP contribution >= 0.6 is 0 Å². The van der Waals surface area contributed by atoms with Crippen molar-refractivity contribution in [2.45, 2.75) is 32.5 Å². The minimum absolute atomic E-state index is 0.00113. The number of aromatic carboxylic acids is 1. The first-order valence-electron chi connectivity index (χ1n) is 11.7. The van der Waals surface area contributed by atoms with E-state index in [1.807, 2.05) is 0 Å². The molecule has 0 saturated heterocycles. The highest BCUT2D eigenvalue weighted by molar-refractivity contribution is 5.96. The maximum atomic E-state index is 14.0. The fourth-order valence-corrected chi connectivity index (χ4v) is 3.54. The van der Waals surface area contributed by atoms with Gasteiger partial charge < -0.3 is 26.3 Å². The normalized spacial score (nSPS) is 11.8. The number of carboxylic acids is 1. The molecule has 0 saturated carbocycles. The summed E-state index contributed by atoms with van der Waals surface area (Å²) in [6.07, 6.45) is 5.07. The lowest BCUT2D eigenvalue weighted by Crippen LogP contribution is -2.36. The Hall–Kier alpha value is -4.51. The number of carbonyl (C=O) groups excluding carboxylic acids is 1.